The maximum atomic E-state index is 15.2. The highest BCUT2D eigenvalue weighted by molar-refractivity contribution is 6.30. The van der Waals surface area contributed by atoms with E-state index in [9.17, 15) is 22.4 Å². The zero-order valence-electron chi connectivity index (χ0n) is 17.7. The summed E-state index contributed by atoms with van der Waals surface area (Å²) >= 11 is 5.76. The Labute approximate surface area is 192 Å². The van der Waals surface area contributed by atoms with Crippen LogP contribution in [0.1, 0.15) is 37.0 Å². The van der Waals surface area contributed by atoms with E-state index in [1.807, 2.05) is 0 Å². The largest absolute Gasteiger partial charge is 0.435 e. The second kappa shape index (κ2) is 7.97. The van der Waals surface area contributed by atoms with E-state index in [2.05, 4.69) is 5.16 Å². The van der Waals surface area contributed by atoms with Crippen LogP contribution in [0.25, 0.3) is 0 Å². The summed E-state index contributed by atoms with van der Waals surface area (Å²) in [5, 5.41) is 3.43. The van der Waals surface area contributed by atoms with Crippen molar-refractivity contribution in [3.63, 3.8) is 0 Å². The van der Waals surface area contributed by atoms with Gasteiger partial charge in [-0.05, 0) is 29.3 Å². The second-order valence-electron chi connectivity index (χ2n) is 8.68. The Hall–Kier alpha value is -2.68. The third-order valence-corrected chi connectivity index (χ3v) is 6.16. The Morgan fingerprint density at radius 3 is 2.30 bits per heavy atom. The number of likely N-dealkylation sites (tertiary alicyclic amines) is 1. The molecule has 0 radical (unpaired) electrons. The predicted molar refractivity (Wildman–Crippen MR) is 112 cm³/mol. The molecule has 2 heterocycles. The van der Waals surface area contributed by atoms with Gasteiger partial charge in [-0.25, -0.2) is 8.78 Å². The smallest absolute Gasteiger partial charge is 0.374 e. The minimum atomic E-state index is -4.91. The fraction of sp³-hybridized carbons (Fsp3) is 0.391. The van der Waals surface area contributed by atoms with E-state index in [4.69, 9.17) is 16.4 Å². The fourth-order valence-electron chi connectivity index (χ4n) is 4.07. The van der Waals surface area contributed by atoms with Crippen molar-refractivity contribution in [2.24, 2.45) is 11.1 Å². The number of hydrogen-bond donors (Lipinski definition) is 0. The molecule has 1 amide bonds. The molecule has 4 rings (SSSR count). The molecule has 1 atom stereocenters. The van der Waals surface area contributed by atoms with Crippen molar-refractivity contribution in [1.82, 2.24) is 4.90 Å². The first-order valence-corrected chi connectivity index (χ1v) is 10.6. The van der Waals surface area contributed by atoms with Crippen LogP contribution in [0.4, 0.5) is 22.0 Å². The van der Waals surface area contributed by atoms with Crippen LogP contribution in [0.2, 0.25) is 5.02 Å². The molecule has 0 N–H and O–H groups in total. The molecule has 0 aromatic heterocycles. The lowest BCUT2D eigenvalue weighted by Gasteiger charge is -2.45. The first-order valence-electron chi connectivity index (χ1n) is 10.2. The van der Waals surface area contributed by atoms with Gasteiger partial charge in [-0.1, -0.05) is 54.9 Å². The standard InChI is InChI=1S/C23H20ClF5N2O2/c1-13(2)20(32)31-11-21(26,12-31)15-5-3-14(4-6-15)19-10-22(33-30-19,23(27,28)29)16-7-17(24)9-18(25)8-16/h3-9,13H,10-12H2,1-2H3. The van der Waals surface area contributed by atoms with Crippen molar-refractivity contribution in [3.05, 3.63) is 70.0 Å². The summed E-state index contributed by atoms with van der Waals surface area (Å²) in [6.45, 7) is 3.31. The highest BCUT2D eigenvalue weighted by Crippen LogP contribution is 2.49. The van der Waals surface area contributed by atoms with Crippen LogP contribution in [0.3, 0.4) is 0 Å². The third kappa shape index (κ3) is 4.07. The zero-order valence-corrected chi connectivity index (χ0v) is 18.5. The van der Waals surface area contributed by atoms with Crippen LogP contribution in [-0.4, -0.2) is 35.8 Å². The Balaban J connectivity index is 1.55. The molecule has 2 aliphatic rings. The summed E-state index contributed by atoms with van der Waals surface area (Å²) in [5.74, 6) is -1.31. The lowest BCUT2D eigenvalue weighted by molar-refractivity contribution is -0.275. The monoisotopic (exact) mass is 486 g/mol. The number of rotatable bonds is 4. The van der Waals surface area contributed by atoms with Crippen LogP contribution >= 0.6 is 11.6 Å². The summed E-state index contributed by atoms with van der Waals surface area (Å²) < 4.78 is 71.0. The zero-order chi connectivity index (χ0) is 24.2. The summed E-state index contributed by atoms with van der Waals surface area (Å²) in [7, 11) is 0. The molecular formula is C23H20ClF5N2O2. The van der Waals surface area contributed by atoms with Gasteiger partial charge in [0.05, 0.1) is 18.8 Å². The molecule has 10 heteroatoms. The molecule has 176 valence electrons. The van der Waals surface area contributed by atoms with Gasteiger partial charge in [0.15, 0.2) is 5.67 Å². The molecule has 0 bridgehead atoms. The van der Waals surface area contributed by atoms with Gasteiger partial charge in [-0.3, -0.25) is 4.79 Å². The van der Waals surface area contributed by atoms with E-state index >= 15 is 4.39 Å². The highest BCUT2D eigenvalue weighted by Gasteiger charge is 2.62. The van der Waals surface area contributed by atoms with Crippen LogP contribution < -0.4 is 0 Å². The van der Waals surface area contributed by atoms with Crippen molar-refractivity contribution in [1.29, 1.82) is 0 Å². The van der Waals surface area contributed by atoms with E-state index in [-0.39, 0.29) is 35.6 Å². The molecule has 2 aliphatic heterocycles. The van der Waals surface area contributed by atoms with Crippen LogP contribution in [-0.2, 0) is 20.9 Å². The van der Waals surface area contributed by atoms with E-state index in [1.54, 1.807) is 13.8 Å². The van der Waals surface area contributed by atoms with Gasteiger partial charge in [0.2, 0.25) is 5.91 Å². The summed E-state index contributed by atoms with van der Waals surface area (Å²) in [5.41, 5.74) is -4.49. The number of amides is 1. The van der Waals surface area contributed by atoms with Gasteiger partial charge < -0.3 is 9.74 Å². The molecule has 0 saturated carbocycles. The molecule has 2 aromatic rings. The summed E-state index contributed by atoms with van der Waals surface area (Å²) in [6, 6.07) is 8.44. The molecule has 1 fully saturated rings. The lowest BCUT2D eigenvalue weighted by Crippen LogP contribution is -2.59. The van der Waals surface area contributed by atoms with E-state index < -0.39 is 35.2 Å². The summed E-state index contributed by atoms with van der Waals surface area (Å²) in [6.07, 6.45) is -5.61. The molecule has 1 unspecified atom stereocenters. The van der Waals surface area contributed by atoms with Crippen molar-refractivity contribution in [2.75, 3.05) is 13.1 Å². The number of nitrogens with zero attached hydrogens (tertiary/aromatic N) is 2. The van der Waals surface area contributed by atoms with Crippen LogP contribution in [0.5, 0.6) is 0 Å². The minimum Gasteiger partial charge on any atom is -0.374 e. The lowest BCUT2D eigenvalue weighted by atomic mass is 9.84. The number of alkyl halides is 4. The van der Waals surface area contributed by atoms with Gasteiger partial charge in [0.1, 0.15) is 5.82 Å². The molecule has 1 saturated heterocycles. The van der Waals surface area contributed by atoms with Gasteiger partial charge in [0, 0.05) is 22.9 Å². The molecule has 0 aliphatic carbocycles. The Morgan fingerprint density at radius 2 is 1.76 bits per heavy atom. The number of halogens is 6. The molecule has 33 heavy (non-hydrogen) atoms. The third-order valence-electron chi connectivity index (χ3n) is 5.94. The maximum Gasteiger partial charge on any atom is 0.435 e. The fourth-order valence-corrected chi connectivity index (χ4v) is 4.29. The van der Waals surface area contributed by atoms with Gasteiger partial charge in [-0.15, -0.1) is 0 Å². The summed E-state index contributed by atoms with van der Waals surface area (Å²) in [4.78, 5) is 18.3. The number of benzene rings is 2. The second-order valence-corrected chi connectivity index (χ2v) is 9.12. The molecule has 0 spiro atoms. The van der Waals surface area contributed by atoms with E-state index in [0.717, 1.165) is 12.1 Å². The van der Waals surface area contributed by atoms with E-state index in [1.165, 1.54) is 29.2 Å². The molecule has 2 aromatic carbocycles. The van der Waals surface area contributed by atoms with Crippen molar-refractivity contribution in [3.8, 4) is 0 Å². The Morgan fingerprint density at radius 1 is 1.12 bits per heavy atom. The topological polar surface area (TPSA) is 41.9 Å². The maximum absolute atomic E-state index is 15.2. The van der Waals surface area contributed by atoms with Gasteiger partial charge >= 0.3 is 6.18 Å². The van der Waals surface area contributed by atoms with Crippen molar-refractivity contribution in [2.45, 2.75) is 37.7 Å². The Bertz CT molecular complexity index is 1090. The van der Waals surface area contributed by atoms with E-state index in [0.29, 0.717) is 17.2 Å². The number of carbonyl (C=O) groups excluding carboxylic acids is 1. The number of hydrogen-bond acceptors (Lipinski definition) is 3. The molecular weight excluding hydrogens is 467 g/mol. The normalized spacial score (nSPS) is 22.1. The Kier molecular flexibility index (Phi) is 5.67. The van der Waals surface area contributed by atoms with Crippen molar-refractivity contribution >= 4 is 23.2 Å². The van der Waals surface area contributed by atoms with Gasteiger partial charge in [0.25, 0.3) is 5.60 Å². The number of carbonyl (C=O) groups is 1. The molecule has 4 nitrogen and oxygen atoms in total. The van der Waals surface area contributed by atoms with Crippen LogP contribution in [0, 0.1) is 11.7 Å². The number of oxime groups is 1. The average Bonchev–Trinajstić information content (AvgIpc) is 3.17. The SMILES string of the molecule is CC(C)C(=O)N1CC(F)(c2ccc(C3=NOC(c4cc(F)cc(Cl)c4)(C(F)(F)F)C3)cc2)C1. The predicted octanol–water partition coefficient (Wildman–Crippen LogP) is 5.72. The minimum absolute atomic E-state index is 0.0163. The first-order chi connectivity index (χ1) is 15.3. The van der Waals surface area contributed by atoms with Crippen LogP contribution in [0.15, 0.2) is 47.6 Å². The average molecular weight is 487 g/mol. The van der Waals surface area contributed by atoms with Crippen molar-refractivity contribution < 1.29 is 31.6 Å². The van der Waals surface area contributed by atoms with Gasteiger partial charge in [-0.2, -0.15) is 13.2 Å². The highest BCUT2D eigenvalue weighted by atomic mass is 35.5. The quantitative estimate of drug-likeness (QED) is 0.518. The first kappa shape index (κ1) is 23.5.